The largest absolute Gasteiger partial charge is 0.380 e. The number of nitrogen functional groups attached to an aromatic ring is 1. The first-order valence-corrected chi connectivity index (χ1v) is 3.33. The Morgan fingerprint density at radius 3 is 3.15 bits per heavy atom. The van der Waals surface area contributed by atoms with Crippen molar-refractivity contribution in [2.45, 2.75) is 0 Å². The van der Waals surface area contributed by atoms with Gasteiger partial charge in [0, 0.05) is 4.91 Å². The normalized spacial score (nSPS) is 9.85. The Hall–Kier alpha value is -2.34. The van der Waals surface area contributed by atoms with Crippen LogP contribution in [-0.2, 0) is 0 Å². The van der Waals surface area contributed by atoms with E-state index in [-0.39, 0.29) is 11.8 Å². The number of rotatable bonds is 1. The second-order valence-electron chi connectivity index (χ2n) is 2.24. The summed E-state index contributed by atoms with van der Waals surface area (Å²) in [6.45, 7) is 0. The van der Waals surface area contributed by atoms with Gasteiger partial charge in [-0.25, -0.2) is 4.98 Å². The van der Waals surface area contributed by atoms with Crippen molar-refractivity contribution in [2.75, 3.05) is 5.73 Å². The molecule has 0 atom stereocenters. The molecule has 0 bridgehead atoms. The summed E-state index contributed by atoms with van der Waals surface area (Å²) in [5.41, 5.74) is 14.7. The summed E-state index contributed by atoms with van der Waals surface area (Å²) in [4.78, 5) is 9.20. The zero-order valence-corrected chi connectivity index (χ0v) is 6.34. The fourth-order valence-electron chi connectivity index (χ4n) is 0.948. The van der Waals surface area contributed by atoms with Crippen LogP contribution in [0.5, 0.6) is 0 Å². The lowest BCUT2D eigenvalue weighted by atomic mass is 10.4. The van der Waals surface area contributed by atoms with E-state index < -0.39 is 0 Å². The third-order valence-corrected chi connectivity index (χ3v) is 1.45. The van der Waals surface area contributed by atoms with Crippen molar-refractivity contribution >= 4 is 22.8 Å². The molecule has 0 unspecified atom stereocenters. The molecule has 0 spiro atoms. The number of nitrogens with zero attached hydrogens (tertiary/aromatic N) is 6. The molecule has 0 radical (unpaired) electrons. The zero-order valence-electron chi connectivity index (χ0n) is 6.34. The maximum atomic E-state index is 8.15. The Bertz CT molecular complexity index is 492. The maximum Gasteiger partial charge on any atom is 0.195 e. The number of hydrogen-bond acceptors (Lipinski definition) is 5. The molecular formula is C5H4N8. The predicted octanol–water partition coefficient (Wildman–Crippen LogP) is 0.877. The smallest absolute Gasteiger partial charge is 0.195 e. The molecule has 8 heteroatoms. The van der Waals surface area contributed by atoms with Gasteiger partial charge in [0.1, 0.15) is 5.52 Å². The molecule has 2 rings (SSSR count). The number of nitrogens with two attached hydrogens (primary N) is 1. The number of anilines is 1. The van der Waals surface area contributed by atoms with Gasteiger partial charge in [-0.3, -0.25) is 0 Å². The van der Waals surface area contributed by atoms with Crippen LogP contribution in [0.4, 0.5) is 11.8 Å². The van der Waals surface area contributed by atoms with Gasteiger partial charge in [0.25, 0.3) is 0 Å². The summed E-state index contributed by atoms with van der Waals surface area (Å²) in [5.74, 6) is 0.354. The van der Waals surface area contributed by atoms with Crippen molar-refractivity contribution in [3.63, 3.8) is 0 Å². The predicted molar refractivity (Wildman–Crippen MR) is 44.9 cm³/mol. The number of azide groups is 1. The van der Waals surface area contributed by atoms with Gasteiger partial charge in [0.2, 0.25) is 0 Å². The average molecular weight is 176 g/mol. The van der Waals surface area contributed by atoms with Crippen LogP contribution < -0.4 is 5.73 Å². The van der Waals surface area contributed by atoms with Crippen LogP contribution in [-0.4, -0.2) is 20.2 Å². The first-order valence-electron chi connectivity index (χ1n) is 3.33. The summed E-state index contributed by atoms with van der Waals surface area (Å²) < 4.78 is 0. The van der Waals surface area contributed by atoms with Crippen LogP contribution in [0.2, 0.25) is 0 Å². The van der Waals surface area contributed by atoms with Crippen molar-refractivity contribution < 1.29 is 0 Å². The quantitative estimate of drug-likeness (QED) is 0.379. The molecule has 0 aliphatic rings. The Balaban J connectivity index is 2.75. The fraction of sp³-hybridized carbons (Fsp3) is 0. The van der Waals surface area contributed by atoms with Gasteiger partial charge in [0.05, 0.1) is 11.7 Å². The molecule has 0 saturated carbocycles. The fourth-order valence-corrected chi connectivity index (χ4v) is 0.948. The Morgan fingerprint density at radius 1 is 1.62 bits per heavy atom. The number of aromatic nitrogens is 4. The first kappa shape index (κ1) is 7.32. The summed E-state index contributed by atoms with van der Waals surface area (Å²) >= 11 is 0. The highest BCUT2D eigenvalue weighted by Crippen LogP contribution is 2.18. The SMILES string of the molecule is [N-]=[N+]=Nc1nc2c(N)nncc2[nH]1. The lowest BCUT2D eigenvalue weighted by Gasteiger charge is -1.88. The third kappa shape index (κ3) is 1.10. The second kappa shape index (κ2) is 2.61. The average Bonchev–Trinajstić information content (AvgIpc) is 2.49. The molecule has 0 saturated heterocycles. The van der Waals surface area contributed by atoms with E-state index in [1.54, 1.807) is 0 Å². The molecule has 3 N–H and O–H groups in total. The molecule has 0 aromatic carbocycles. The van der Waals surface area contributed by atoms with Gasteiger partial charge in [-0.1, -0.05) is 0 Å². The molecule has 0 aliphatic carbocycles. The Labute approximate surface area is 71.4 Å². The molecule has 2 aromatic rings. The topological polar surface area (TPSA) is 129 Å². The van der Waals surface area contributed by atoms with E-state index in [1.807, 2.05) is 0 Å². The van der Waals surface area contributed by atoms with Gasteiger partial charge in [-0.2, -0.15) is 5.10 Å². The minimum atomic E-state index is 0.152. The molecule has 0 amide bonds. The molecule has 2 heterocycles. The van der Waals surface area contributed by atoms with E-state index in [0.717, 1.165) is 0 Å². The number of aromatic amines is 1. The maximum absolute atomic E-state index is 8.15. The van der Waals surface area contributed by atoms with Crippen molar-refractivity contribution in [1.29, 1.82) is 0 Å². The van der Waals surface area contributed by atoms with Crippen LogP contribution in [0.1, 0.15) is 0 Å². The number of hydrogen-bond donors (Lipinski definition) is 2. The molecular weight excluding hydrogens is 172 g/mol. The van der Waals surface area contributed by atoms with Gasteiger partial charge >= 0.3 is 0 Å². The van der Waals surface area contributed by atoms with E-state index in [2.05, 4.69) is 30.2 Å². The Morgan fingerprint density at radius 2 is 2.46 bits per heavy atom. The van der Waals surface area contributed by atoms with Gasteiger partial charge < -0.3 is 10.7 Å². The summed E-state index contributed by atoms with van der Waals surface area (Å²) in [7, 11) is 0. The Kier molecular flexibility index (Phi) is 1.47. The molecule has 13 heavy (non-hydrogen) atoms. The van der Waals surface area contributed by atoms with Crippen molar-refractivity contribution in [3.05, 3.63) is 16.6 Å². The summed E-state index contributed by atoms with van der Waals surface area (Å²) in [6.07, 6.45) is 1.45. The van der Waals surface area contributed by atoms with E-state index in [1.165, 1.54) is 6.20 Å². The lowest BCUT2D eigenvalue weighted by molar-refractivity contribution is 1.06. The van der Waals surface area contributed by atoms with E-state index in [9.17, 15) is 0 Å². The van der Waals surface area contributed by atoms with Crippen molar-refractivity contribution in [2.24, 2.45) is 5.11 Å². The number of imidazole rings is 1. The standard InChI is InChI=1S/C5H4N8/c6-4-3-2(1-8-11-4)9-5(10-3)12-13-7/h1H,(H2,6,11)(H,9,10). The van der Waals surface area contributed by atoms with Crippen LogP contribution >= 0.6 is 0 Å². The minimum Gasteiger partial charge on any atom is -0.380 e. The third-order valence-electron chi connectivity index (χ3n) is 1.45. The molecule has 64 valence electrons. The highest BCUT2D eigenvalue weighted by Gasteiger charge is 2.04. The van der Waals surface area contributed by atoms with E-state index in [4.69, 9.17) is 11.3 Å². The first-order chi connectivity index (χ1) is 6.31. The monoisotopic (exact) mass is 176 g/mol. The number of fused-ring (bicyclic) bond motifs is 1. The lowest BCUT2D eigenvalue weighted by Crippen LogP contribution is -1.92. The highest BCUT2D eigenvalue weighted by molar-refractivity contribution is 5.84. The van der Waals surface area contributed by atoms with Crippen LogP contribution in [0, 0.1) is 0 Å². The van der Waals surface area contributed by atoms with Gasteiger partial charge in [-0.05, 0) is 10.6 Å². The van der Waals surface area contributed by atoms with E-state index >= 15 is 0 Å². The van der Waals surface area contributed by atoms with Crippen LogP contribution in [0.3, 0.4) is 0 Å². The van der Waals surface area contributed by atoms with E-state index in [0.29, 0.717) is 11.0 Å². The van der Waals surface area contributed by atoms with Crippen LogP contribution in [0.15, 0.2) is 11.3 Å². The van der Waals surface area contributed by atoms with Gasteiger partial charge in [-0.15, -0.1) is 5.10 Å². The molecule has 2 aromatic heterocycles. The van der Waals surface area contributed by atoms with Crippen LogP contribution in [0.25, 0.3) is 21.5 Å². The van der Waals surface area contributed by atoms with Crippen molar-refractivity contribution in [3.8, 4) is 0 Å². The number of nitrogens with one attached hydrogen (secondary N) is 1. The molecule has 8 nitrogen and oxygen atoms in total. The zero-order chi connectivity index (χ0) is 9.26. The van der Waals surface area contributed by atoms with Crippen molar-refractivity contribution in [1.82, 2.24) is 20.2 Å². The highest BCUT2D eigenvalue weighted by atomic mass is 15.2. The molecule has 0 fully saturated rings. The minimum absolute atomic E-state index is 0.152. The summed E-state index contributed by atoms with van der Waals surface area (Å²) in [6, 6.07) is 0. The second-order valence-corrected chi connectivity index (χ2v) is 2.24. The molecule has 0 aliphatic heterocycles. The van der Waals surface area contributed by atoms with Gasteiger partial charge in [0.15, 0.2) is 11.8 Å². The number of H-pyrrole nitrogens is 1. The summed E-state index contributed by atoms with van der Waals surface area (Å²) in [5, 5.41) is 10.5.